The standard InChI is InChI=1S/C19H28N4O5S3/c1-12(24)22-15(9-13-5-3-2-4-6-13)18(26)21-10-14(20)17(25)23-16(19(27)28)11-31-30-8-7-29/h2-6,14-16,29H,7-11,20H2,1H3,(H,21,26)(H,22,24)(H,23,25)(H,27,28)/t14-,15-,16-/m0/s1. The van der Waals surface area contributed by atoms with Crippen molar-refractivity contribution >= 4 is 57.9 Å². The summed E-state index contributed by atoms with van der Waals surface area (Å²) in [6.07, 6.45) is 0.274. The molecular formula is C19H28N4O5S3. The number of carboxylic acid groups (broad SMARTS) is 1. The average Bonchev–Trinajstić information content (AvgIpc) is 2.73. The molecular weight excluding hydrogens is 460 g/mol. The molecule has 3 atom stereocenters. The van der Waals surface area contributed by atoms with E-state index in [2.05, 4.69) is 28.6 Å². The number of carboxylic acids is 1. The molecule has 0 saturated carbocycles. The van der Waals surface area contributed by atoms with Crippen molar-refractivity contribution in [3.8, 4) is 0 Å². The Hall–Kier alpha value is -1.89. The number of aliphatic carboxylic acids is 1. The van der Waals surface area contributed by atoms with Crippen LogP contribution >= 0.6 is 34.2 Å². The van der Waals surface area contributed by atoms with Gasteiger partial charge in [-0.25, -0.2) is 4.79 Å². The summed E-state index contributed by atoms with van der Waals surface area (Å²) in [5.41, 5.74) is 6.67. The predicted octanol–water partition coefficient (Wildman–Crippen LogP) is 0.0579. The van der Waals surface area contributed by atoms with Crippen LogP contribution in [0.15, 0.2) is 30.3 Å². The van der Waals surface area contributed by atoms with Gasteiger partial charge in [0.15, 0.2) is 0 Å². The summed E-state index contributed by atoms with van der Waals surface area (Å²) in [5.74, 6) is -1.13. The van der Waals surface area contributed by atoms with Gasteiger partial charge in [0.05, 0.1) is 0 Å². The van der Waals surface area contributed by atoms with Gasteiger partial charge >= 0.3 is 5.97 Å². The highest BCUT2D eigenvalue weighted by atomic mass is 33.1. The minimum absolute atomic E-state index is 0.167. The molecule has 1 rings (SSSR count). The number of thiol groups is 1. The van der Waals surface area contributed by atoms with E-state index >= 15 is 0 Å². The molecule has 0 heterocycles. The van der Waals surface area contributed by atoms with Crippen molar-refractivity contribution < 1.29 is 24.3 Å². The smallest absolute Gasteiger partial charge is 0.327 e. The number of amides is 3. The van der Waals surface area contributed by atoms with Crippen molar-refractivity contribution in [3.63, 3.8) is 0 Å². The van der Waals surface area contributed by atoms with Crippen LogP contribution in [0.4, 0.5) is 0 Å². The molecule has 0 fully saturated rings. The molecule has 3 amide bonds. The summed E-state index contributed by atoms with van der Waals surface area (Å²) in [6.45, 7) is 1.10. The summed E-state index contributed by atoms with van der Waals surface area (Å²) in [5, 5.41) is 16.8. The average molecular weight is 489 g/mol. The van der Waals surface area contributed by atoms with Crippen LogP contribution in [0, 0.1) is 0 Å². The molecule has 1 aromatic rings. The highest BCUT2D eigenvalue weighted by Gasteiger charge is 2.25. The lowest BCUT2D eigenvalue weighted by atomic mass is 10.1. The van der Waals surface area contributed by atoms with Crippen LogP contribution in [-0.2, 0) is 25.6 Å². The minimum atomic E-state index is -1.17. The third-order valence-corrected chi connectivity index (χ3v) is 6.86. The van der Waals surface area contributed by atoms with Crippen molar-refractivity contribution in [3.05, 3.63) is 35.9 Å². The van der Waals surface area contributed by atoms with E-state index in [1.807, 2.05) is 30.3 Å². The van der Waals surface area contributed by atoms with Gasteiger partial charge in [0.2, 0.25) is 17.7 Å². The molecule has 0 bridgehead atoms. The van der Waals surface area contributed by atoms with E-state index in [0.717, 1.165) is 11.3 Å². The van der Waals surface area contributed by atoms with Crippen molar-refractivity contribution in [2.45, 2.75) is 31.5 Å². The van der Waals surface area contributed by atoms with Crippen molar-refractivity contribution in [1.29, 1.82) is 0 Å². The second-order valence-electron chi connectivity index (χ2n) is 6.52. The van der Waals surface area contributed by atoms with Crippen molar-refractivity contribution in [2.24, 2.45) is 5.73 Å². The van der Waals surface area contributed by atoms with Gasteiger partial charge in [-0.15, -0.1) is 0 Å². The highest BCUT2D eigenvalue weighted by molar-refractivity contribution is 8.76. The molecule has 172 valence electrons. The van der Waals surface area contributed by atoms with Crippen molar-refractivity contribution in [2.75, 3.05) is 23.8 Å². The van der Waals surface area contributed by atoms with Gasteiger partial charge in [0.25, 0.3) is 0 Å². The number of nitrogens with one attached hydrogen (secondary N) is 3. The molecule has 12 heteroatoms. The van der Waals surface area contributed by atoms with Gasteiger partial charge in [-0.1, -0.05) is 51.9 Å². The third kappa shape index (κ3) is 11.3. The lowest BCUT2D eigenvalue weighted by Crippen LogP contribution is -2.55. The minimum Gasteiger partial charge on any atom is -0.480 e. The monoisotopic (exact) mass is 488 g/mol. The summed E-state index contributed by atoms with van der Waals surface area (Å²) in [4.78, 5) is 47.6. The Morgan fingerprint density at radius 3 is 2.32 bits per heavy atom. The largest absolute Gasteiger partial charge is 0.480 e. The lowest BCUT2D eigenvalue weighted by Gasteiger charge is -2.20. The van der Waals surface area contributed by atoms with Gasteiger partial charge in [-0.2, -0.15) is 12.6 Å². The van der Waals surface area contributed by atoms with Crippen LogP contribution in [0.25, 0.3) is 0 Å². The van der Waals surface area contributed by atoms with E-state index in [-0.39, 0.29) is 24.6 Å². The number of nitrogens with two attached hydrogens (primary N) is 1. The summed E-state index contributed by atoms with van der Waals surface area (Å²) in [7, 11) is 2.78. The molecule has 9 nitrogen and oxygen atoms in total. The molecule has 0 unspecified atom stereocenters. The number of benzene rings is 1. The number of rotatable bonds is 14. The zero-order valence-electron chi connectivity index (χ0n) is 17.1. The first-order valence-electron chi connectivity index (χ1n) is 9.47. The van der Waals surface area contributed by atoms with Crippen LogP contribution in [0.1, 0.15) is 12.5 Å². The summed E-state index contributed by atoms with van der Waals surface area (Å²) < 4.78 is 0. The quantitative estimate of drug-likeness (QED) is 0.122. The number of carbonyl (C=O) groups is 4. The second kappa shape index (κ2) is 15.0. The van der Waals surface area contributed by atoms with Gasteiger partial charge < -0.3 is 26.8 Å². The Bertz CT molecular complexity index is 739. The molecule has 31 heavy (non-hydrogen) atoms. The molecule has 0 aliphatic rings. The molecule has 0 aliphatic heterocycles. The Kier molecular flexibility index (Phi) is 13.1. The second-order valence-corrected chi connectivity index (χ2v) is 9.60. The van der Waals surface area contributed by atoms with Crippen LogP contribution in [0.5, 0.6) is 0 Å². The third-order valence-electron chi connectivity index (χ3n) is 3.92. The fourth-order valence-electron chi connectivity index (χ4n) is 2.40. The van der Waals surface area contributed by atoms with E-state index in [9.17, 15) is 24.3 Å². The van der Waals surface area contributed by atoms with Crippen LogP contribution in [0.2, 0.25) is 0 Å². The van der Waals surface area contributed by atoms with E-state index in [1.165, 1.54) is 28.5 Å². The molecule has 6 N–H and O–H groups in total. The summed E-state index contributed by atoms with van der Waals surface area (Å²) >= 11 is 4.07. The number of hydrogen-bond donors (Lipinski definition) is 6. The fraction of sp³-hybridized carbons (Fsp3) is 0.474. The van der Waals surface area contributed by atoms with Crippen molar-refractivity contribution in [1.82, 2.24) is 16.0 Å². The molecule has 0 saturated heterocycles. The zero-order valence-corrected chi connectivity index (χ0v) is 19.6. The Morgan fingerprint density at radius 2 is 1.74 bits per heavy atom. The summed E-state index contributed by atoms with van der Waals surface area (Å²) in [6, 6.07) is 6.09. The van der Waals surface area contributed by atoms with Crippen LogP contribution in [0.3, 0.4) is 0 Å². The van der Waals surface area contributed by atoms with E-state index in [1.54, 1.807) is 0 Å². The Balaban J connectivity index is 2.58. The maximum Gasteiger partial charge on any atom is 0.327 e. The molecule has 0 aromatic heterocycles. The van der Waals surface area contributed by atoms with Gasteiger partial charge in [-0.05, 0) is 5.56 Å². The van der Waals surface area contributed by atoms with Gasteiger partial charge in [0.1, 0.15) is 18.1 Å². The number of carbonyl (C=O) groups excluding carboxylic acids is 3. The van der Waals surface area contributed by atoms with E-state index in [4.69, 9.17) is 5.73 Å². The lowest BCUT2D eigenvalue weighted by molar-refractivity contribution is -0.141. The number of hydrogen-bond acceptors (Lipinski definition) is 8. The SMILES string of the molecule is CC(=O)N[C@@H](Cc1ccccc1)C(=O)NC[C@H](N)C(=O)N[C@@H](CSSCCS)C(=O)O. The predicted molar refractivity (Wildman–Crippen MR) is 127 cm³/mol. The van der Waals surface area contributed by atoms with E-state index in [0.29, 0.717) is 5.75 Å². The molecule has 0 radical (unpaired) electrons. The van der Waals surface area contributed by atoms with Gasteiger partial charge in [-0.3, -0.25) is 14.4 Å². The maximum atomic E-state index is 12.5. The highest BCUT2D eigenvalue weighted by Crippen LogP contribution is 2.21. The maximum absolute atomic E-state index is 12.5. The first kappa shape index (κ1) is 27.1. The fourth-order valence-corrected chi connectivity index (χ4v) is 4.99. The van der Waals surface area contributed by atoms with Crippen LogP contribution < -0.4 is 21.7 Å². The Morgan fingerprint density at radius 1 is 1.06 bits per heavy atom. The molecule has 0 spiro atoms. The van der Waals surface area contributed by atoms with Gasteiger partial charge in [0, 0.05) is 37.1 Å². The first-order valence-corrected chi connectivity index (χ1v) is 12.6. The molecule has 0 aliphatic carbocycles. The first-order chi connectivity index (χ1) is 14.7. The van der Waals surface area contributed by atoms with E-state index < -0.39 is 35.9 Å². The zero-order chi connectivity index (χ0) is 23.2. The Labute approximate surface area is 194 Å². The molecule has 1 aromatic carbocycles. The normalized spacial score (nSPS) is 13.5. The topological polar surface area (TPSA) is 151 Å². The van der Waals surface area contributed by atoms with Crippen LogP contribution in [-0.4, -0.2) is 70.7 Å².